The number of phenolic OH excluding ortho intramolecular Hbond substituents is 1. The van der Waals surface area contributed by atoms with Gasteiger partial charge in [0.15, 0.2) is 0 Å². The average molecular weight is 242 g/mol. The normalized spacial score (nSPS) is 24.9. The van der Waals surface area contributed by atoms with Crippen LogP contribution in [-0.4, -0.2) is 22.4 Å². The Balaban J connectivity index is 1.96. The number of hydrogen-bond acceptors (Lipinski definition) is 3. The summed E-state index contributed by atoms with van der Waals surface area (Å²) in [5.74, 6) is 0.129. The third kappa shape index (κ3) is 2.48. The highest BCUT2D eigenvalue weighted by molar-refractivity contribution is 6.32. The lowest BCUT2D eigenvalue weighted by Gasteiger charge is -2.17. The largest absolute Gasteiger partial charge is 0.506 e. The van der Waals surface area contributed by atoms with Crippen molar-refractivity contribution in [3.05, 3.63) is 28.8 Å². The molecule has 2 unspecified atom stereocenters. The van der Waals surface area contributed by atoms with E-state index in [4.69, 9.17) is 11.6 Å². The van der Waals surface area contributed by atoms with Crippen LogP contribution < -0.4 is 5.32 Å². The van der Waals surface area contributed by atoms with Crippen LogP contribution in [0.15, 0.2) is 18.2 Å². The van der Waals surface area contributed by atoms with Gasteiger partial charge in [0.25, 0.3) is 0 Å². The van der Waals surface area contributed by atoms with Crippen molar-refractivity contribution in [3.63, 3.8) is 0 Å². The van der Waals surface area contributed by atoms with Crippen LogP contribution in [0.4, 0.5) is 0 Å². The number of rotatable bonds is 3. The first-order chi connectivity index (χ1) is 7.68. The molecule has 3 nitrogen and oxygen atoms in total. The van der Waals surface area contributed by atoms with E-state index in [2.05, 4.69) is 5.32 Å². The summed E-state index contributed by atoms with van der Waals surface area (Å²) in [5.41, 5.74) is 0.770. The van der Waals surface area contributed by atoms with Crippen molar-refractivity contribution in [2.75, 3.05) is 0 Å². The maximum Gasteiger partial charge on any atom is 0.138 e. The van der Waals surface area contributed by atoms with E-state index >= 15 is 0 Å². The molecule has 2 rings (SSSR count). The molecule has 1 fully saturated rings. The maximum atomic E-state index is 9.70. The van der Waals surface area contributed by atoms with Crippen LogP contribution in [0.1, 0.15) is 24.8 Å². The molecular formula is C12H16ClNO2. The van der Waals surface area contributed by atoms with Crippen molar-refractivity contribution >= 4 is 11.6 Å². The van der Waals surface area contributed by atoms with Gasteiger partial charge in [-0.3, -0.25) is 0 Å². The number of benzene rings is 1. The molecule has 0 heterocycles. The summed E-state index contributed by atoms with van der Waals surface area (Å²) in [7, 11) is 0. The van der Waals surface area contributed by atoms with Crippen LogP contribution in [0.2, 0.25) is 5.02 Å². The minimum Gasteiger partial charge on any atom is -0.506 e. The number of phenols is 1. The Bertz CT molecular complexity index is 370. The molecule has 1 aromatic carbocycles. The zero-order valence-electron chi connectivity index (χ0n) is 8.99. The summed E-state index contributed by atoms with van der Waals surface area (Å²) in [6.45, 7) is 0.536. The van der Waals surface area contributed by atoms with Gasteiger partial charge < -0.3 is 15.5 Å². The molecule has 1 saturated carbocycles. The molecule has 1 aliphatic rings. The smallest absolute Gasteiger partial charge is 0.138 e. The number of nitrogens with one attached hydrogen (secondary N) is 1. The van der Waals surface area contributed by atoms with Gasteiger partial charge in [0.2, 0.25) is 0 Å². The van der Waals surface area contributed by atoms with E-state index in [1.807, 2.05) is 12.1 Å². The van der Waals surface area contributed by atoms with Crippen LogP contribution in [-0.2, 0) is 6.54 Å². The lowest BCUT2D eigenvalue weighted by Crippen LogP contribution is -2.35. The summed E-state index contributed by atoms with van der Waals surface area (Å²) in [5, 5.41) is 23.0. The minimum absolute atomic E-state index is 0.129. The summed E-state index contributed by atoms with van der Waals surface area (Å²) in [6, 6.07) is 5.43. The van der Waals surface area contributed by atoms with Crippen molar-refractivity contribution in [1.29, 1.82) is 0 Å². The molecule has 0 radical (unpaired) electrons. The third-order valence-electron chi connectivity index (χ3n) is 3.10. The number of para-hydroxylation sites is 1. The number of hydrogen-bond donors (Lipinski definition) is 3. The molecule has 0 saturated heterocycles. The molecular weight excluding hydrogens is 226 g/mol. The molecule has 0 spiro atoms. The SMILES string of the molecule is Oc1c(Cl)cccc1CNC1CCCC1O. The van der Waals surface area contributed by atoms with Gasteiger partial charge in [-0.15, -0.1) is 0 Å². The Hall–Kier alpha value is -0.770. The quantitative estimate of drug-likeness (QED) is 0.759. The Kier molecular flexibility index (Phi) is 3.69. The zero-order valence-corrected chi connectivity index (χ0v) is 9.74. The van der Waals surface area contributed by atoms with Gasteiger partial charge in [0.05, 0.1) is 11.1 Å². The molecule has 88 valence electrons. The van der Waals surface area contributed by atoms with E-state index in [9.17, 15) is 10.2 Å². The average Bonchev–Trinajstić information content (AvgIpc) is 2.67. The van der Waals surface area contributed by atoms with Gasteiger partial charge in [-0.05, 0) is 25.3 Å². The molecule has 3 N–H and O–H groups in total. The number of aromatic hydroxyl groups is 1. The first kappa shape index (κ1) is 11.7. The molecule has 0 amide bonds. The van der Waals surface area contributed by atoms with Crippen LogP contribution >= 0.6 is 11.6 Å². The second-order valence-electron chi connectivity index (χ2n) is 4.23. The van der Waals surface area contributed by atoms with Crippen molar-refractivity contribution in [3.8, 4) is 5.75 Å². The minimum atomic E-state index is -0.263. The monoisotopic (exact) mass is 241 g/mol. The van der Waals surface area contributed by atoms with Gasteiger partial charge in [-0.2, -0.15) is 0 Å². The second-order valence-corrected chi connectivity index (χ2v) is 4.64. The Morgan fingerprint density at radius 3 is 2.88 bits per heavy atom. The van der Waals surface area contributed by atoms with Gasteiger partial charge in [-0.25, -0.2) is 0 Å². The summed E-state index contributed by atoms with van der Waals surface area (Å²) in [4.78, 5) is 0. The fourth-order valence-electron chi connectivity index (χ4n) is 2.12. The Labute approximate surface area is 100 Å². The zero-order chi connectivity index (χ0) is 11.5. The molecule has 0 bridgehead atoms. The fraction of sp³-hybridized carbons (Fsp3) is 0.500. The van der Waals surface area contributed by atoms with Crippen LogP contribution in [0.3, 0.4) is 0 Å². The second kappa shape index (κ2) is 5.04. The first-order valence-corrected chi connectivity index (χ1v) is 5.94. The van der Waals surface area contributed by atoms with E-state index in [-0.39, 0.29) is 17.9 Å². The molecule has 0 aliphatic heterocycles. The fourth-order valence-corrected chi connectivity index (χ4v) is 2.32. The number of halogens is 1. The van der Waals surface area contributed by atoms with E-state index < -0.39 is 0 Å². The highest BCUT2D eigenvalue weighted by atomic mass is 35.5. The Morgan fingerprint density at radius 2 is 2.19 bits per heavy atom. The Morgan fingerprint density at radius 1 is 1.38 bits per heavy atom. The summed E-state index contributed by atoms with van der Waals surface area (Å²) < 4.78 is 0. The van der Waals surface area contributed by atoms with Crippen molar-refractivity contribution in [2.45, 2.75) is 38.0 Å². The van der Waals surface area contributed by atoms with Crippen LogP contribution in [0, 0.1) is 0 Å². The van der Waals surface area contributed by atoms with Gasteiger partial charge in [-0.1, -0.05) is 23.7 Å². The molecule has 2 atom stereocenters. The van der Waals surface area contributed by atoms with E-state index in [1.165, 1.54) is 0 Å². The topological polar surface area (TPSA) is 52.5 Å². The summed E-state index contributed by atoms with van der Waals surface area (Å²) >= 11 is 5.81. The molecule has 16 heavy (non-hydrogen) atoms. The standard InChI is InChI=1S/C12H16ClNO2/c13-9-4-1-3-8(12(9)16)7-14-10-5-2-6-11(10)15/h1,3-4,10-11,14-16H,2,5-7H2. The highest BCUT2D eigenvalue weighted by Gasteiger charge is 2.24. The van der Waals surface area contributed by atoms with Crippen molar-refractivity contribution in [1.82, 2.24) is 5.32 Å². The third-order valence-corrected chi connectivity index (χ3v) is 3.41. The van der Waals surface area contributed by atoms with Crippen molar-refractivity contribution in [2.24, 2.45) is 0 Å². The molecule has 1 aliphatic carbocycles. The predicted molar refractivity (Wildman–Crippen MR) is 63.6 cm³/mol. The lowest BCUT2D eigenvalue weighted by molar-refractivity contribution is 0.148. The number of aliphatic hydroxyl groups is 1. The predicted octanol–water partition coefficient (Wildman–Crippen LogP) is 2.05. The van der Waals surface area contributed by atoms with Gasteiger partial charge in [0, 0.05) is 18.2 Å². The van der Waals surface area contributed by atoms with E-state index in [1.54, 1.807) is 6.07 Å². The highest BCUT2D eigenvalue weighted by Crippen LogP contribution is 2.27. The number of aliphatic hydroxyl groups excluding tert-OH is 1. The maximum absolute atomic E-state index is 9.70. The van der Waals surface area contributed by atoms with Crippen LogP contribution in [0.25, 0.3) is 0 Å². The van der Waals surface area contributed by atoms with Gasteiger partial charge in [0.1, 0.15) is 5.75 Å². The first-order valence-electron chi connectivity index (χ1n) is 5.56. The van der Waals surface area contributed by atoms with E-state index in [0.29, 0.717) is 11.6 Å². The van der Waals surface area contributed by atoms with Gasteiger partial charge >= 0.3 is 0 Å². The molecule has 0 aromatic heterocycles. The lowest BCUT2D eigenvalue weighted by atomic mass is 10.1. The van der Waals surface area contributed by atoms with E-state index in [0.717, 1.165) is 24.8 Å². The molecule has 4 heteroatoms. The van der Waals surface area contributed by atoms with Crippen molar-refractivity contribution < 1.29 is 10.2 Å². The molecule has 1 aromatic rings. The summed E-state index contributed by atoms with van der Waals surface area (Å²) in [6.07, 6.45) is 2.64. The van der Waals surface area contributed by atoms with Crippen LogP contribution in [0.5, 0.6) is 5.75 Å².